The van der Waals surface area contributed by atoms with Gasteiger partial charge in [0.2, 0.25) is 6.79 Å². The normalized spacial score (nSPS) is 12.7. The smallest absolute Gasteiger partial charge is 0.231 e. The molecule has 0 atom stereocenters. The Bertz CT molecular complexity index is 596. The van der Waals surface area contributed by atoms with Gasteiger partial charge in [-0.15, -0.1) is 11.8 Å². The second-order valence-corrected chi connectivity index (χ2v) is 5.17. The summed E-state index contributed by atoms with van der Waals surface area (Å²) in [6.07, 6.45) is 2.07. The summed E-state index contributed by atoms with van der Waals surface area (Å²) in [6.45, 7) is 0.768. The summed E-state index contributed by atoms with van der Waals surface area (Å²) in [5.74, 6) is 1.58. The van der Waals surface area contributed by atoms with Gasteiger partial charge in [0.05, 0.1) is 0 Å². The van der Waals surface area contributed by atoms with Crippen molar-refractivity contribution in [2.24, 2.45) is 5.73 Å². The summed E-state index contributed by atoms with van der Waals surface area (Å²) in [6, 6.07) is 12.4. The van der Waals surface area contributed by atoms with Crippen LogP contribution < -0.4 is 15.2 Å². The van der Waals surface area contributed by atoms with E-state index in [1.54, 1.807) is 11.8 Å². The predicted octanol–water partition coefficient (Wildman–Crippen LogP) is 3.26. The maximum atomic E-state index is 5.84. The summed E-state index contributed by atoms with van der Waals surface area (Å²) in [5, 5.41) is 0. The zero-order chi connectivity index (χ0) is 13.2. The van der Waals surface area contributed by atoms with Crippen molar-refractivity contribution in [3.05, 3.63) is 42.0 Å². The topological polar surface area (TPSA) is 44.5 Å². The van der Waals surface area contributed by atoms with Crippen LogP contribution in [0.3, 0.4) is 0 Å². The van der Waals surface area contributed by atoms with Gasteiger partial charge in [-0.1, -0.05) is 12.1 Å². The first kappa shape index (κ1) is 12.4. The highest BCUT2D eigenvalue weighted by atomic mass is 32.2. The number of ether oxygens (including phenoxy) is 2. The monoisotopic (exact) mass is 273 g/mol. The Labute approximate surface area is 116 Å². The van der Waals surface area contributed by atoms with Crippen LogP contribution in [0, 0.1) is 0 Å². The summed E-state index contributed by atoms with van der Waals surface area (Å²) in [7, 11) is 0. The molecule has 3 nitrogen and oxygen atoms in total. The molecule has 3 rings (SSSR count). The third kappa shape index (κ3) is 2.29. The van der Waals surface area contributed by atoms with Gasteiger partial charge >= 0.3 is 0 Å². The Balaban J connectivity index is 2.07. The van der Waals surface area contributed by atoms with Gasteiger partial charge in [-0.05, 0) is 47.2 Å². The van der Waals surface area contributed by atoms with Crippen molar-refractivity contribution in [3.8, 4) is 22.6 Å². The maximum Gasteiger partial charge on any atom is 0.231 e. The Hall–Kier alpha value is -1.65. The Morgan fingerprint density at radius 1 is 1.11 bits per heavy atom. The van der Waals surface area contributed by atoms with E-state index in [-0.39, 0.29) is 6.79 Å². The van der Waals surface area contributed by atoms with E-state index >= 15 is 0 Å². The molecule has 1 heterocycles. The molecule has 0 bridgehead atoms. The minimum absolute atomic E-state index is 0.286. The minimum atomic E-state index is 0.286. The van der Waals surface area contributed by atoms with E-state index in [1.165, 1.54) is 4.90 Å². The van der Waals surface area contributed by atoms with E-state index in [0.29, 0.717) is 6.54 Å². The first-order valence-corrected chi connectivity index (χ1v) is 7.31. The highest BCUT2D eigenvalue weighted by Crippen LogP contribution is 2.38. The largest absolute Gasteiger partial charge is 0.454 e. The highest BCUT2D eigenvalue weighted by molar-refractivity contribution is 7.98. The van der Waals surface area contributed by atoms with Crippen molar-refractivity contribution in [1.29, 1.82) is 0 Å². The van der Waals surface area contributed by atoms with E-state index in [4.69, 9.17) is 15.2 Å². The number of thioether (sulfide) groups is 1. The molecule has 0 unspecified atom stereocenters. The van der Waals surface area contributed by atoms with Gasteiger partial charge in [-0.2, -0.15) is 0 Å². The second kappa shape index (κ2) is 5.15. The Morgan fingerprint density at radius 3 is 2.42 bits per heavy atom. The molecule has 2 N–H and O–H groups in total. The summed E-state index contributed by atoms with van der Waals surface area (Å²) >= 11 is 1.73. The van der Waals surface area contributed by atoms with Gasteiger partial charge < -0.3 is 15.2 Å². The predicted molar refractivity (Wildman–Crippen MR) is 77.7 cm³/mol. The van der Waals surface area contributed by atoms with Crippen LogP contribution in [-0.2, 0) is 6.54 Å². The average molecular weight is 273 g/mol. The zero-order valence-corrected chi connectivity index (χ0v) is 11.5. The third-order valence-electron chi connectivity index (χ3n) is 3.22. The van der Waals surface area contributed by atoms with Crippen molar-refractivity contribution in [3.63, 3.8) is 0 Å². The number of rotatable bonds is 3. The molecule has 0 aromatic heterocycles. The molecule has 2 aromatic rings. The average Bonchev–Trinajstić information content (AvgIpc) is 2.93. The highest BCUT2D eigenvalue weighted by Gasteiger charge is 2.17. The van der Waals surface area contributed by atoms with Crippen LogP contribution in [0.5, 0.6) is 11.5 Å². The summed E-state index contributed by atoms with van der Waals surface area (Å²) in [5.41, 5.74) is 9.17. The van der Waals surface area contributed by atoms with Gasteiger partial charge in [0, 0.05) is 11.4 Å². The molecule has 0 saturated carbocycles. The SMILES string of the molecule is CSc1ccc(-c2cc3c(cc2CN)OCO3)cc1. The molecule has 0 radical (unpaired) electrons. The van der Waals surface area contributed by atoms with Crippen LogP contribution in [0.2, 0.25) is 0 Å². The molecular weight excluding hydrogens is 258 g/mol. The van der Waals surface area contributed by atoms with Gasteiger partial charge in [0.1, 0.15) is 0 Å². The van der Waals surface area contributed by atoms with Crippen molar-refractivity contribution < 1.29 is 9.47 Å². The minimum Gasteiger partial charge on any atom is -0.454 e. The lowest BCUT2D eigenvalue weighted by Gasteiger charge is -2.10. The van der Waals surface area contributed by atoms with E-state index < -0.39 is 0 Å². The zero-order valence-electron chi connectivity index (χ0n) is 10.7. The molecule has 0 fully saturated rings. The summed E-state index contributed by atoms with van der Waals surface area (Å²) in [4.78, 5) is 1.25. The first-order valence-electron chi connectivity index (χ1n) is 6.09. The molecule has 2 aromatic carbocycles. The molecule has 4 heteroatoms. The van der Waals surface area contributed by atoms with Gasteiger partial charge in [0.25, 0.3) is 0 Å². The van der Waals surface area contributed by atoms with Crippen LogP contribution in [0.4, 0.5) is 0 Å². The molecule has 1 aliphatic rings. The third-order valence-corrected chi connectivity index (χ3v) is 3.96. The molecule has 98 valence electrons. The number of hydrogen-bond donors (Lipinski definition) is 1. The van der Waals surface area contributed by atoms with Crippen LogP contribution in [0.15, 0.2) is 41.3 Å². The Morgan fingerprint density at radius 2 is 1.79 bits per heavy atom. The molecule has 0 amide bonds. The van der Waals surface area contributed by atoms with E-state index in [9.17, 15) is 0 Å². The number of fused-ring (bicyclic) bond motifs is 1. The second-order valence-electron chi connectivity index (χ2n) is 4.30. The van der Waals surface area contributed by atoms with Crippen molar-refractivity contribution in [1.82, 2.24) is 0 Å². The summed E-state index contributed by atoms with van der Waals surface area (Å²) < 4.78 is 10.8. The van der Waals surface area contributed by atoms with Gasteiger partial charge in [0.15, 0.2) is 11.5 Å². The van der Waals surface area contributed by atoms with E-state index in [1.807, 2.05) is 12.1 Å². The van der Waals surface area contributed by atoms with Gasteiger partial charge in [-0.25, -0.2) is 0 Å². The fourth-order valence-corrected chi connectivity index (χ4v) is 2.60. The number of hydrogen-bond acceptors (Lipinski definition) is 4. The molecular formula is C15H15NO2S. The van der Waals surface area contributed by atoms with Crippen LogP contribution in [-0.4, -0.2) is 13.0 Å². The number of benzene rings is 2. The maximum absolute atomic E-state index is 5.84. The van der Waals surface area contributed by atoms with Gasteiger partial charge in [-0.3, -0.25) is 0 Å². The fourth-order valence-electron chi connectivity index (χ4n) is 2.19. The van der Waals surface area contributed by atoms with Crippen LogP contribution in [0.25, 0.3) is 11.1 Å². The quantitative estimate of drug-likeness (QED) is 0.872. The Kier molecular flexibility index (Phi) is 3.36. The van der Waals surface area contributed by atoms with E-state index in [2.05, 4.69) is 30.5 Å². The molecule has 0 saturated heterocycles. The first-order chi connectivity index (χ1) is 9.31. The van der Waals surface area contributed by atoms with Crippen molar-refractivity contribution in [2.75, 3.05) is 13.0 Å². The molecule has 0 aliphatic carbocycles. The molecule has 0 spiro atoms. The van der Waals surface area contributed by atoms with Crippen LogP contribution in [0.1, 0.15) is 5.56 Å². The van der Waals surface area contributed by atoms with Crippen LogP contribution >= 0.6 is 11.8 Å². The lowest BCUT2D eigenvalue weighted by atomic mass is 9.99. The number of nitrogens with two attached hydrogens (primary N) is 1. The molecule has 1 aliphatic heterocycles. The van der Waals surface area contributed by atoms with E-state index in [0.717, 1.165) is 28.2 Å². The fraction of sp³-hybridized carbons (Fsp3) is 0.200. The lowest BCUT2D eigenvalue weighted by molar-refractivity contribution is 0.174. The standard InChI is InChI=1S/C15H15NO2S/c1-19-12-4-2-10(3-5-12)13-7-15-14(17-9-18-15)6-11(13)8-16/h2-7H,8-9,16H2,1H3. The molecule has 19 heavy (non-hydrogen) atoms. The van der Waals surface area contributed by atoms with Crippen molar-refractivity contribution >= 4 is 11.8 Å². The lowest BCUT2D eigenvalue weighted by Crippen LogP contribution is -1.99. The van der Waals surface area contributed by atoms with Crippen molar-refractivity contribution in [2.45, 2.75) is 11.4 Å².